The molecule has 0 fully saturated rings. The molecule has 0 atom stereocenters. The number of hydrogen-bond acceptors (Lipinski definition) is 0. The standard InChI is InChI=1S/C9H6BrF/c10-7-4-6-2-1-3-8(6)9(11)5-7/h1-2,4-5H,3H2. The highest BCUT2D eigenvalue weighted by molar-refractivity contribution is 9.10. The third kappa shape index (κ3) is 1.11. The zero-order valence-corrected chi connectivity index (χ0v) is 7.36. The predicted octanol–water partition coefficient (Wildman–Crippen LogP) is 3.16. The number of halogens is 2. The topological polar surface area (TPSA) is 0 Å². The number of benzene rings is 1. The highest BCUT2D eigenvalue weighted by Gasteiger charge is 2.10. The molecule has 0 spiro atoms. The maximum Gasteiger partial charge on any atom is 0.128 e. The molecule has 2 rings (SSSR count). The Hall–Kier alpha value is -0.630. The lowest BCUT2D eigenvalue weighted by Crippen LogP contribution is -1.87. The summed E-state index contributed by atoms with van der Waals surface area (Å²) in [5.74, 6) is -0.112. The molecular formula is C9H6BrF. The van der Waals surface area contributed by atoms with E-state index in [9.17, 15) is 4.39 Å². The monoisotopic (exact) mass is 212 g/mol. The van der Waals surface area contributed by atoms with Crippen LogP contribution in [0.2, 0.25) is 0 Å². The van der Waals surface area contributed by atoms with Gasteiger partial charge in [-0.15, -0.1) is 0 Å². The molecule has 11 heavy (non-hydrogen) atoms. The van der Waals surface area contributed by atoms with Crippen molar-refractivity contribution in [2.75, 3.05) is 0 Å². The first-order valence-corrected chi connectivity index (χ1v) is 4.21. The molecule has 0 saturated heterocycles. The van der Waals surface area contributed by atoms with E-state index < -0.39 is 0 Å². The van der Waals surface area contributed by atoms with Gasteiger partial charge in [0, 0.05) is 4.47 Å². The number of rotatable bonds is 0. The molecule has 1 aliphatic carbocycles. The van der Waals surface area contributed by atoms with Gasteiger partial charge in [0.25, 0.3) is 0 Å². The molecular weight excluding hydrogens is 207 g/mol. The molecule has 56 valence electrons. The molecule has 0 nitrogen and oxygen atoms in total. The quantitative estimate of drug-likeness (QED) is 0.620. The fourth-order valence-electron chi connectivity index (χ4n) is 1.29. The van der Waals surface area contributed by atoms with Gasteiger partial charge in [-0.05, 0) is 29.7 Å². The Morgan fingerprint density at radius 2 is 2.18 bits per heavy atom. The van der Waals surface area contributed by atoms with Crippen molar-refractivity contribution >= 4 is 22.0 Å². The Balaban J connectivity index is 2.66. The Bertz CT molecular complexity index is 329. The van der Waals surface area contributed by atoms with Crippen molar-refractivity contribution in [1.29, 1.82) is 0 Å². The van der Waals surface area contributed by atoms with Crippen molar-refractivity contribution in [3.8, 4) is 0 Å². The maximum absolute atomic E-state index is 13.1. The highest BCUT2D eigenvalue weighted by atomic mass is 79.9. The second kappa shape index (κ2) is 2.45. The molecule has 0 amide bonds. The Morgan fingerprint density at radius 1 is 1.36 bits per heavy atom. The van der Waals surface area contributed by atoms with E-state index in [0.29, 0.717) is 0 Å². The SMILES string of the molecule is Fc1cc(Br)cc2c1CC=C2. The fraction of sp³-hybridized carbons (Fsp3) is 0.111. The summed E-state index contributed by atoms with van der Waals surface area (Å²) in [6.45, 7) is 0. The van der Waals surface area contributed by atoms with Gasteiger partial charge in [-0.2, -0.15) is 0 Å². The van der Waals surface area contributed by atoms with Crippen molar-refractivity contribution in [1.82, 2.24) is 0 Å². The van der Waals surface area contributed by atoms with E-state index in [2.05, 4.69) is 15.9 Å². The molecule has 0 unspecified atom stereocenters. The van der Waals surface area contributed by atoms with E-state index in [-0.39, 0.29) is 5.82 Å². The minimum absolute atomic E-state index is 0.112. The van der Waals surface area contributed by atoms with Crippen LogP contribution < -0.4 is 0 Å². The molecule has 0 aromatic heterocycles. The van der Waals surface area contributed by atoms with Gasteiger partial charge in [0.2, 0.25) is 0 Å². The summed E-state index contributed by atoms with van der Waals surface area (Å²) in [6, 6.07) is 3.44. The molecule has 2 heteroatoms. The Labute approximate surface area is 72.9 Å². The zero-order chi connectivity index (χ0) is 7.84. The highest BCUT2D eigenvalue weighted by Crippen LogP contribution is 2.26. The number of allylic oxidation sites excluding steroid dienone is 1. The lowest BCUT2D eigenvalue weighted by atomic mass is 10.1. The average molecular weight is 213 g/mol. The summed E-state index contributed by atoms with van der Waals surface area (Å²) in [7, 11) is 0. The van der Waals surface area contributed by atoms with Crippen LogP contribution in [0.15, 0.2) is 22.7 Å². The van der Waals surface area contributed by atoms with Gasteiger partial charge in [0.15, 0.2) is 0 Å². The molecule has 1 aromatic rings. The number of fused-ring (bicyclic) bond motifs is 1. The maximum atomic E-state index is 13.1. The first-order valence-electron chi connectivity index (χ1n) is 3.42. The van der Waals surface area contributed by atoms with E-state index in [4.69, 9.17) is 0 Å². The van der Waals surface area contributed by atoms with Crippen LogP contribution in [0.3, 0.4) is 0 Å². The molecule has 0 radical (unpaired) electrons. The molecule has 0 bridgehead atoms. The average Bonchev–Trinajstić information content (AvgIpc) is 2.34. The molecule has 0 heterocycles. The summed E-state index contributed by atoms with van der Waals surface area (Å²) in [4.78, 5) is 0. The first kappa shape index (κ1) is 7.04. The van der Waals surface area contributed by atoms with Gasteiger partial charge in [0.05, 0.1) is 0 Å². The second-order valence-electron chi connectivity index (χ2n) is 2.56. The Kier molecular flexibility index (Phi) is 1.57. The first-order chi connectivity index (χ1) is 5.27. The van der Waals surface area contributed by atoms with Crippen molar-refractivity contribution < 1.29 is 4.39 Å². The summed E-state index contributed by atoms with van der Waals surface area (Å²) >= 11 is 3.24. The van der Waals surface area contributed by atoms with Crippen LogP contribution in [0.25, 0.3) is 6.08 Å². The van der Waals surface area contributed by atoms with Crippen LogP contribution in [0, 0.1) is 5.82 Å². The minimum Gasteiger partial charge on any atom is -0.207 e. The lowest BCUT2D eigenvalue weighted by molar-refractivity contribution is 0.614. The van der Waals surface area contributed by atoms with Crippen LogP contribution in [0.4, 0.5) is 4.39 Å². The van der Waals surface area contributed by atoms with E-state index in [1.54, 1.807) is 0 Å². The predicted molar refractivity (Wildman–Crippen MR) is 46.8 cm³/mol. The smallest absolute Gasteiger partial charge is 0.128 e. The largest absolute Gasteiger partial charge is 0.207 e. The van der Waals surface area contributed by atoms with Gasteiger partial charge < -0.3 is 0 Å². The zero-order valence-electron chi connectivity index (χ0n) is 5.77. The molecule has 0 aliphatic heterocycles. The van der Waals surface area contributed by atoms with Crippen LogP contribution >= 0.6 is 15.9 Å². The third-order valence-electron chi connectivity index (χ3n) is 1.81. The second-order valence-corrected chi connectivity index (χ2v) is 3.48. The van der Waals surface area contributed by atoms with Crippen molar-refractivity contribution in [2.24, 2.45) is 0 Å². The molecule has 0 N–H and O–H groups in total. The van der Waals surface area contributed by atoms with E-state index in [0.717, 1.165) is 22.0 Å². The molecule has 0 saturated carbocycles. The van der Waals surface area contributed by atoms with E-state index >= 15 is 0 Å². The fourth-order valence-corrected chi connectivity index (χ4v) is 1.74. The van der Waals surface area contributed by atoms with Gasteiger partial charge >= 0.3 is 0 Å². The summed E-state index contributed by atoms with van der Waals surface area (Å²) < 4.78 is 13.9. The van der Waals surface area contributed by atoms with Crippen molar-refractivity contribution in [2.45, 2.75) is 6.42 Å². The van der Waals surface area contributed by atoms with Crippen LogP contribution in [0.1, 0.15) is 11.1 Å². The molecule has 1 aliphatic rings. The van der Waals surface area contributed by atoms with Gasteiger partial charge in [-0.1, -0.05) is 28.1 Å². The van der Waals surface area contributed by atoms with Crippen LogP contribution in [-0.2, 0) is 6.42 Å². The normalized spacial score (nSPS) is 13.6. The van der Waals surface area contributed by atoms with E-state index in [1.165, 1.54) is 6.07 Å². The third-order valence-corrected chi connectivity index (χ3v) is 2.27. The van der Waals surface area contributed by atoms with E-state index in [1.807, 2.05) is 18.2 Å². The van der Waals surface area contributed by atoms with Gasteiger partial charge in [-0.25, -0.2) is 4.39 Å². The Morgan fingerprint density at radius 3 is 3.00 bits per heavy atom. The number of hydrogen-bond donors (Lipinski definition) is 0. The lowest BCUT2D eigenvalue weighted by Gasteiger charge is -2.00. The molecule has 1 aromatic carbocycles. The van der Waals surface area contributed by atoms with Crippen molar-refractivity contribution in [3.63, 3.8) is 0 Å². The van der Waals surface area contributed by atoms with Gasteiger partial charge in [-0.3, -0.25) is 0 Å². The van der Waals surface area contributed by atoms with Crippen molar-refractivity contribution in [3.05, 3.63) is 39.6 Å². The summed E-state index contributed by atoms with van der Waals surface area (Å²) in [5.41, 5.74) is 1.81. The van der Waals surface area contributed by atoms with Crippen LogP contribution in [-0.4, -0.2) is 0 Å². The summed E-state index contributed by atoms with van der Waals surface area (Å²) in [5, 5.41) is 0. The van der Waals surface area contributed by atoms with Crippen LogP contribution in [0.5, 0.6) is 0 Å². The van der Waals surface area contributed by atoms with Gasteiger partial charge in [0.1, 0.15) is 5.82 Å². The minimum atomic E-state index is -0.112. The summed E-state index contributed by atoms with van der Waals surface area (Å²) in [6.07, 6.45) is 4.65.